The molecule has 4 rings (SSSR count). The topological polar surface area (TPSA) is 0 Å². The molecule has 0 heterocycles. The minimum atomic E-state index is 0.689. The Morgan fingerprint density at radius 2 is 0.857 bits per heavy atom. The molecular weight excluding hydrogens is 355 g/mol. The van der Waals surface area contributed by atoms with E-state index in [0.29, 0.717) is 8.58 Å². The average Bonchev–Trinajstić information content (AvgIpc) is 2.79. The highest BCUT2D eigenvalue weighted by Crippen LogP contribution is 2.44. The lowest BCUT2D eigenvalue weighted by atomic mass is 9.95. The van der Waals surface area contributed by atoms with E-state index in [1.165, 1.54) is 33.1 Å². The quantitative estimate of drug-likeness (QED) is 0.241. The Morgan fingerprint density at radius 1 is 0.464 bits per heavy atom. The van der Waals surface area contributed by atoms with E-state index in [1.807, 2.05) is 0 Å². The number of hydrogen-bond acceptors (Lipinski definition) is 0. The van der Waals surface area contributed by atoms with Crippen molar-refractivity contribution in [3.05, 3.63) is 144 Å². The minimum absolute atomic E-state index is 0.689. The maximum Gasteiger partial charge on any atom is -0.00309 e. The van der Waals surface area contributed by atoms with Crippen LogP contribution in [0.5, 0.6) is 0 Å². The van der Waals surface area contributed by atoms with Crippen LogP contribution in [0, 0.1) is 0 Å². The minimum Gasteiger partial charge on any atom is -0.0845 e. The van der Waals surface area contributed by atoms with E-state index < -0.39 is 0 Å². The van der Waals surface area contributed by atoms with Crippen molar-refractivity contribution in [2.45, 2.75) is 6.16 Å². The second-order valence-electron chi connectivity index (χ2n) is 6.69. The van der Waals surface area contributed by atoms with Gasteiger partial charge in [0.1, 0.15) is 0 Å². The molecule has 28 heavy (non-hydrogen) atoms. The van der Waals surface area contributed by atoms with Crippen molar-refractivity contribution in [1.82, 2.24) is 0 Å². The largest absolute Gasteiger partial charge is 0.0845 e. The van der Waals surface area contributed by atoms with Gasteiger partial charge in [-0.1, -0.05) is 130 Å². The Hall–Kier alpha value is -2.95. The van der Waals surface area contributed by atoms with E-state index in [0.717, 1.165) is 6.16 Å². The van der Waals surface area contributed by atoms with Crippen molar-refractivity contribution >= 4 is 19.5 Å². The van der Waals surface area contributed by atoms with Crippen molar-refractivity contribution in [2.75, 3.05) is 0 Å². The van der Waals surface area contributed by atoms with E-state index in [9.17, 15) is 0 Å². The highest BCUT2D eigenvalue weighted by Gasteiger charge is 2.14. The molecule has 0 fully saturated rings. The fourth-order valence-electron chi connectivity index (χ4n) is 3.39. The van der Waals surface area contributed by atoms with E-state index in [4.69, 9.17) is 0 Å². The van der Waals surface area contributed by atoms with Gasteiger partial charge in [-0.2, -0.15) is 0 Å². The van der Waals surface area contributed by atoms with Crippen LogP contribution in [0.25, 0.3) is 10.9 Å². The molecule has 0 radical (unpaired) electrons. The molecule has 4 aromatic rings. The van der Waals surface area contributed by atoms with Gasteiger partial charge >= 0.3 is 0 Å². The third kappa shape index (κ3) is 4.47. The van der Waals surface area contributed by atoms with Crippen LogP contribution in [0.4, 0.5) is 0 Å². The molecular formula is C27H23P. The van der Waals surface area contributed by atoms with Crippen LogP contribution in [0.15, 0.2) is 121 Å². The van der Waals surface area contributed by atoms with Crippen LogP contribution in [0.1, 0.15) is 22.3 Å². The third-order valence-electron chi connectivity index (χ3n) is 4.75. The van der Waals surface area contributed by atoms with Gasteiger partial charge in [-0.25, -0.2) is 0 Å². The maximum absolute atomic E-state index is 2.24. The van der Waals surface area contributed by atoms with Gasteiger partial charge in [-0.15, -0.1) is 0 Å². The Kier molecular flexibility index (Phi) is 6.12. The van der Waals surface area contributed by atoms with Crippen molar-refractivity contribution in [1.29, 1.82) is 0 Å². The Morgan fingerprint density at radius 3 is 1.32 bits per heavy atom. The lowest BCUT2D eigenvalue weighted by molar-refractivity contribution is 1.41. The molecule has 0 aliphatic heterocycles. The summed E-state index contributed by atoms with van der Waals surface area (Å²) in [7, 11) is 0.689. The second kappa shape index (κ2) is 9.31. The molecule has 0 bridgehead atoms. The van der Waals surface area contributed by atoms with Crippen LogP contribution in [-0.4, -0.2) is 0 Å². The van der Waals surface area contributed by atoms with Crippen LogP contribution >= 0.6 is 8.58 Å². The summed E-state index contributed by atoms with van der Waals surface area (Å²) in [6, 6.07) is 43.2. The average molecular weight is 378 g/mol. The first-order valence-corrected chi connectivity index (χ1v) is 10.8. The fraction of sp³-hybridized carbons (Fsp3) is 0.0370. The first kappa shape index (κ1) is 18.4. The van der Waals surface area contributed by atoms with Crippen LogP contribution in [0.3, 0.4) is 0 Å². The standard InChI is InChI=1S/C27H23P/c1-5-13-22(14-6-1)21-28-27(25-19-11-4-12-20-25)26(23-15-7-2-8-16-23)24-17-9-3-10-18-24/h1-20,28H,21H2. The molecule has 0 aliphatic rings. The molecule has 4 aromatic carbocycles. The summed E-state index contributed by atoms with van der Waals surface area (Å²) in [6.07, 6.45) is 1.05. The van der Waals surface area contributed by atoms with Gasteiger partial charge in [0.25, 0.3) is 0 Å². The monoisotopic (exact) mass is 378 g/mol. The van der Waals surface area contributed by atoms with Crippen molar-refractivity contribution in [3.8, 4) is 0 Å². The Bertz CT molecular complexity index is 979. The molecule has 0 N–H and O–H groups in total. The van der Waals surface area contributed by atoms with Gasteiger partial charge in [0.15, 0.2) is 0 Å². The second-order valence-corrected chi connectivity index (χ2v) is 7.89. The fourth-order valence-corrected chi connectivity index (χ4v) is 4.84. The summed E-state index contributed by atoms with van der Waals surface area (Å²) in [5.41, 5.74) is 6.57. The zero-order valence-electron chi connectivity index (χ0n) is 15.8. The summed E-state index contributed by atoms with van der Waals surface area (Å²) in [4.78, 5) is 0. The number of benzene rings is 4. The molecule has 136 valence electrons. The van der Waals surface area contributed by atoms with E-state index in [-0.39, 0.29) is 0 Å². The van der Waals surface area contributed by atoms with E-state index in [2.05, 4.69) is 121 Å². The molecule has 0 aliphatic carbocycles. The van der Waals surface area contributed by atoms with Gasteiger partial charge in [0.05, 0.1) is 0 Å². The van der Waals surface area contributed by atoms with Crippen LogP contribution in [0.2, 0.25) is 0 Å². The molecule has 1 unspecified atom stereocenters. The molecule has 0 spiro atoms. The van der Waals surface area contributed by atoms with Crippen LogP contribution < -0.4 is 0 Å². The molecule has 0 nitrogen and oxygen atoms in total. The lowest BCUT2D eigenvalue weighted by Crippen LogP contribution is -1.93. The van der Waals surface area contributed by atoms with Gasteiger partial charge < -0.3 is 0 Å². The first-order valence-electron chi connectivity index (χ1n) is 9.60. The highest BCUT2D eigenvalue weighted by atomic mass is 31.1. The van der Waals surface area contributed by atoms with E-state index >= 15 is 0 Å². The molecule has 0 aromatic heterocycles. The lowest BCUT2D eigenvalue weighted by Gasteiger charge is -2.17. The summed E-state index contributed by atoms with van der Waals surface area (Å²) < 4.78 is 0. The zero-order valence-corrected chi connectivity index (χ0v) is 16.8. The predicted octanol–water partition coefficient (Wildman–Crippen LogP) is 7.48. The Labute approximate surface area is 169 Å². The van der Waals surface area contributed by atoms with Gasteiger partial charge in [0, 0.05) is 0 Å². The first-order chi connectivity index (χ1) is 13.9. The highest BCUT2D eigenvalue weighted by molar-refractivity contribution is 7.50. The van der Waals surface area contributed by atoms with E-state index in [1.54, 1.807) is 0 Å². The maximum atomic E-state index is 2.24. The molecule has 1 heteroatoms. The molecule has 1 atom stereocenters. The summed E-state index contributed by atoms with van der Waals surface area (Å²) in [5.74, 6) is 0. The normalized spacial score (nSPS) is 10.9. The number of hydrogen-bond donors (Lipinski definition) is 0. The Balaban J connectivity index is 1.87. The van der Waals surface area contributed by atoms with Gasteiger partial charge in [-0.05, 0) is 39.3 Å². The van der Waals surface area contributed by atoms with Crippen molar-refractivity contribution < 1.29 is 0 Å². The SMILES string of the molecule is c1ccc(CPC(=C(c2ccccc2)c2ccccc2)c2ccccc2)cc1. The smallest absolute Gasteiger partial charge is 0.00309 e. The summed E-state index contributed by atoms with van der Waals surface area (Å²) >= 11 is 0. The van der Waals surface area contributed by atoms with Crippen molar-refractivity contribution in [2.24, 2.45) is 0 Å². The predicted molar refractivity (Wildman–Crippen MR) is 124 cm³/mol. The third-order valence-corrected chi connectivity index (χ3v) is 6.23. The molecule has 0 saturated heterocycles. The van der Waals surface area contributed by atoms with Crippen LogP contribution in [-0.2, 0) is 6.16 Å². The molecule has 0 amide bonds. The van der Waals surface area contributed by atoms with Crippen molar-refractivity contribution in [3.63, 3.8) is 0 Å². The summed E-state index contributed by atoms with van der Waals surface area (Å²) in [5, 5.41) is 1.42. The molecule has 0 saturated carbocycles. The van der Waals surface area contributed by atoms with Gasteiger partial charge in [-0.3, -0.25) is 0 Å². The number of rotatable bonds is 6. The van der Waals surface area contributed by atoms with Gasteiger partial charge in [0.2, 0.25) is 0 Å². The zero-order chi connectivity index (χ0) is 19.0. The summed E-state index contributed by atoms with van der Waals surface area (Å²) in [6.45, 7) is 0.